The number of fused-ring (bicyclic) bond motifs is 5. The number of carbonyl (C=O) groups is 2. The van der Waals surface area contributed by atoms with E-state index in [1.54, 1.807) is 4.90 Å². The largest absolute Gasteiger partial charge is 0.503 e. The molecule has 0 unspecified atom stereocenters. The number of aromatic hydroxyl groups is 1. The molecule has 1 aromatic carbocycles. The maximum absolute atomic E-state index is 13.9. The van der Waals surface area contributed by atoms with Crippen LogP contribution in [0.25, 0.3) is 0 Å². The molecule has 5 rings (SSSR count). The van der Waals surface area contributed by atoms with Gasteiger partial charge in [-0.2, -0.15) is 0 Å². The van der Waals surface area contributed by atoms with Crippen molar-refractivity contribution in [3.63, 3.8) is 0 Å². The predicted octanol–water partition coefficient (Wildman–Crippen LogP) is 1.82. The number of hydrogen-bond donors (Lipinski definition) is 2. The van der Waals surface area contributed by atoms with Gasteiger partial charge in [-0.1, -0.05) is 0 Å². The Morgan fingerprint density at radius 3 is 2.51 bits per heavy atom. The van der Waals surface area contributed by atoms with Gasteiger partial charge in [0.15, 0.2) is 17.2 Å². The third-order valence-corrected chi connectivity index (χ3v) is 6.88. The molecule has 0 saturated carbocycles. The van der Waals surface area contributed by atoms with Gasteiger partial charge in [0.2, 0.25) is 5.43 Å². The molecule has 12 heteroatoms. The van der Waals surface area contributed by atoms with Crippen LogP contribution >= 0.6 is 0 Å². The molecule has 2 fully saturated rings. The SMILES string of the molecule is C[C@H]1CCC2(OCCO2)[C@H]2CN1C(=O)c1c(O)c(=O)c(C(=O)NCc3c(F)cc(F)cc3F)cn12. The fourth-order valence-corrected chi connectivity index (χ4v) is 5.01. The Morgan fingerprint density at radius 2 is 1.86 bits per heavy atom. The molecule has 2 atom stereocenters. The Bertz CT molecular complexity index is 1270. The lowest BCUT2D eigenvalue weighted by atomic mass is 9.99. The van der Waals surface area contributed by atoms with E-state index in [0.29, 0.717) is 38.2 Å². The molecule has 4 heterocycles. The Hall–Kier alpha value is -3.38. The molecule has 2 amide bonds. The quantitative estimate of drug-likeness (QED) is 0.675. The van der Waals surface area contributed by atoms with E-state index in [0.717, 1.165) is 6.20 Å². The number of nitrogens with zero attached hydrogens (tertiary/aromatic N) is 2. The van der Waals surface area contributed by atoms with E-state index in [1.807, 2.05) is 6.92 Å². The first kappa shape index (κ1) is 23.4. The van der Waals surface area contributed by atoms with Crippen LogP contribution in [0, 0.1) is 17.5 Å². The van der Waals surface area contributed by atoms with E-state index in [9.17, 15) is 32.7 Å². The van der Waals surface area contributed by atoms with Crippen molar-refractivity contribution in [1.29, 1.82) is 0 Å². The van der Waals surface area contributed by atoms with E-state index >= 15 is 0 Å². The standard InChI is InChI=1S/C23H22F3N3O6/c1-11-2-3-23(34-4-5-35-23)17-10-28(11)22(33)18-20(31)19(30)14(9-29(17)18)21(32)27-8-13-15(25)6-12(24)7-16(13)26/h6-7,9,11,17,31H,2-5,8,10H2,1H3,(H,27,32)/t11-,17+/m0/s1. The monoisotopic (exact) mass is 493 g/mol. The van der Waals surface area contributed by atoms with Crippen LogP contribution < -0.4 is 10.7 Å². The first-order chi connectivity index (χ1) is 16.6. The minimum atomic E-state index is -1.21. The summed E-state index contributed by atoms with van der Waals surface area (Å²) in [5.74, 6) is -7.17. The van der Waals surface area contributed by atoms with Crippen LogP contribution in [-0.4, -0.2) is 58.0 Å². The highest BCUT2D eigenvalue weighted by Crippen LogP contribution is 2.44. The Labute approximate surface area is 197 Å². The number of benzene rings is 1. The average molecular weight is 493 g/mol. The van der Waals surface area contributed by atoms with Crippen molar-refractivity contribution in [2.75, 3.05) is 19.8 Å². The van der Waals surface area contributed by atoms with E-state index in [-0.39, 0.29) is 18.3 Å². The summed E-state index contributed by atoms with van der Waals surface area (Å²) in [6.07, 6.45) is 2.14. The number of nitrogens with one attached hydrogen (secondary N) is 1. The zero-order valence-electron chi connectivity index (χ0n) is 18.6. The molecule has 1 spiro atoms. The molecule has 2 aromatic rings. The summed E-state index contributed by atoms with van der Waals surface area (Å²) in [6, 6.07) is 0.0715. The molecule has 3 aliphatic heterocycles. The molecule has 2 saturated heterocycles. The van der Waals surface area contributed by atoms with Gasteiger partial charge >= 0.3 is 0 Å². The average Bonchev–Trinajstić information content (AvgIpc) is 3.24. The molecule has 1 aromatic heterocycles. The van der Waals surface area contributed by atoms with Crippen molar-refractivity contribution in [3.05, 3.63) is 62.8 Å². The Morgan fingerprint density at radius 1 is 1.20 bits per heavy atom. The highest BCUT2D eigenvalue weighted by atomic mass is 19.1. The molecule has 35 heavy (non-hydrogen) atoms. The van der Waals surface area contributed by atoms with Crippen LogP contribution in [0.4, 0.5) is 13.2 Å². The molecule has 2 bridgehead atoms. The zero-order chi connectivity index (χ0) is 25.1. The van der Waals surface area contributed by atoms with Crippen LogP contribution in [0.15, 0.2) is 23.1 Å². The van der Waals surface area contributed by atoms with E-state index in [2.05, 4.69) is 5.32 Å². The normalized spacial score (nSPS) is 22.7. The van der Waals surface area contributed by atoms with Gasteiger partial charge < -0.3 is 29.4 Å². The number of amides is 2. The molecular weight excluding hydrogens is 471 g/mol. The van der Waals surface area contributed by atoms with E-state index in [4.69, 9.17) is 9.47 Å². The maximum atomic E-state index is 13.9. The first-order valence-corrected chi connectivity index (χ1v) is 11.1. The minimum absolute atomic E-state index is 0.169. The molecule has 0 aliphatic carbocycles. The van der Waals surface area contributed by atoms with E-state index in [1.165, 1.54) is 4.57 Å². The minimum Gasteiger partial charge on any atom is -0.503 e. The summed E-state index contributed by atoms with van der Waals surface area (Å²) in [6.45, 7) is 1.99. The topological polar surface area (TPSA) is 110 Å². The van der Waals surface area contributed by atoms with Gasteiger partial charge in [0, 0.05) is 49.4 Å². The highest BCUT2D eigenvalue weighted by molar-refractivity contribution is 5.99. The van der Waals surface area contributed by atoms with E-state index < -0.39 is 69.9 Å². The fraction of sp³-hybridized carbons (Fsp3) is 0.435. The van der Waals surface area contributed by atoms with Gasteiger partial charge in [-0.25, -0.2) is 13.2 Å². The molecule has 0 radical (unpaired) electrons. The first-order valence-electron chi connectivity index (χ1n) is 11.1. The third kappa shape index (κ3) is 3.67. The van der Waals surface area contributed by atoms with Gasteiger partial charge in [0.1, 0.15) is 29.1 Å². The number of halogens is 3. The van der Waals surface area contributed by atoms with Crippen LogP contribution in [0.3, 0.4) is 0 Å². The number of carbonyl (C=O) groups excluding carboxylic acids is 2. The second-order valence-corrected chi connectivity index (χ2v) is 8.88. The summed E-state index contributed by atoms with van der Waals surface area (Å²) in [5.41, 5.74) is -2.54. The lowest BCUT2D eigenvalue weighted by Crippen LogP contribution is -2.52. The van der Waals surface area contributed by atoms with Gasteiger partial charge in [-0.15, -0.1) is 0 Å². The molecule has 2 N–H and O–H groups in total. The van der Waals surface area contributed by atoms with Crippen molar-refractivity contribution in [1.82, 2.24) is 14.8 Å². The van der Waals surface area contributed by atoms with Crippen molar-refractivity contribution in [2.24, 2.45) is 0 Å². The Balaban J connectivity index is 1.54. The van der Waals surface area contributed by atoms with Gasteiger partial charge in [-0.3, -0.25) is 14.4 Å². The van der Waals surface area contributed by atoms with Crippen LogP contribution in [0.1, 0.15) is 52.2 Å². The number of pyridine rings is 1. The van der Waals surface area contributed by atoms with Crippen molar-refractivity contribution < 1.29 is 37.3 Å². The summed E-state index contributed by atoms with van der Waals surface area (Å²) in [7, 11) is 0. The molecule has 186 valence electrons. The second kappa shape index (κ2) is 8.38. The molecule has 3 aliphatic rings. The number of hydrogen-bond acceptors (Lipinski definition) is 6. The van der Waals surface area contributed by atoms with Crippen LogP contribution in [0.2, 0.25) is 0 Å². The Kier molecular flexibility index (Phi) is 5.59. The molecule has 9 nitrogen and oxygen atoms in total. The zero-order valence-corrected chi connectivity index (χ0v) is 18.6. The number of aromatic nitrogens is 1. The summed E-state index contributed by atoms with van der Waals surface area (Å²) >= 11 is 0. The van der Waals surface area contributed by atoms with Crippen LogP contribution in [-0.2, 0) is 16.0 Å². The van der Waals surface area contributed by atoms with Crippen molar-refractivity contribution >= 4 is 11.8 Å². The summed E-state index contributed by atoms with van der Waals surface area (Å²) < 4.78 is 54.3. The van der Waals surface area contributed by atoms with Crippen molar-refractivity contribution in [3.8, 4) is 5.75 Å². The van der Waals surface area contributed by atoms with Crippen LogP contribution in [0.5, 0.6) is 5.75 Å². The van der Waals surface area contributed by atoms with Gasteiger partial charge in [-0.05, 0) is 13.3 Å². The maximum Gasteiger partial charge on any atom is 0.274 e. The van der Waals surface area contributed by atoms with Gasteiger partial charge in [0.25, 0.3) is 11.8 Å². The number of ether oxygens (including phenoxy) is 2. The lowest BCUT2D eigenvalue weighted by Gasteiger charge is -2.42. The lowest BCUT2D eigenvalue weighted by molar-refractivity contribution is -0.193. The second-order valence-electron chi connectivity index (χ2n) is 8.88. The highest BCUT2D eigenvalue weighted by Gasteiger charge is 2.53. The summed E-state index contributed by atoms with van der Waals surface area (Å²) in [5, 5.41) is 12.9. The fourth-order valence-electron chi connectivity index (χ4n) is 5.01. The smallest absolute Gasteiger partial charge is 0.274 e. The third-order valence-electron chi connectivity index (χ3n) is 6.88. The predicted molar refractivity (Wildman–Crippen MR) is 113 cm³/mol. The van der Waals surface area contributed by atoms with Gasteiger partial charge in [0.05, 0.1) is 13.2 Å². The molecular formula is C23H22F3N3O6. The number of rotatable bonds is 3. The summed E-state index contributed by atoms with van der Waals surface area (Å²) in [4.78, 5) is 40.4. The van der Waals surface area contributed by atoms with Crippen molar-refractivity contribution in [2.45, 2.75) is 44.2 Å².